The van der Waals surface area contributed by atoms with Crippen LogP contribution in [0.3, 0.4) is 0 Å². The molecule has 1 aromatic heterocycles. The van der Waals surface area contributed by atoms with E-state index in [-0.39, 0.29) is 5.71 Å². The lowest BCUT2D eigenvalue weighted by molar-refractivity contribution is -0.110. The van der Waals surface area contributed by atoms with Crippen molar-refractivity contribution in [2.24, 2.45) is 0 Å². The van der Waals surface area contributed by atoms with E-state index in [1.165, 1.54) is 11.3 Å². The van der Waals surface area contributed by atoms with Gasteiger partial charge in [-0.15, -0.1) is 11.3 Å². The molecule has 0 aliphatic heterocycles. The lowest BCUT2D eigenvalue weighted by Gasteiger charge is -2.13. The number of carbonyl (C=O) groups is 1. The van der Waals surface area contributed by atoms with Crippen LogP contribution in [0.4, 0.5) is 10.8 Å². The summed E-state index contributed by atoms with van der Waals surface area (Å²) in [5.74, 6) is -0.515. The summed E-state index contributed by atoms with van der Waals surface area (Å²) in [5, 5.41) is 17.4. The normalized spacial score (nSPS) is 10.4. The predicted octanol–water partition coefficient (Wildman–Crippen LogP) is 5.07. The van der Waals surface area contributed by atoms with Crippen LogP contribution in [0.5, 0.6) is 0 Å². The molecule has 3 rings (SSSR count). The highest BCUT2D eigenvalue weighted by Crippen LogP contribution is 2.23. The van der Waals surface area contributed by atoms with E-state index in [9.17, 15) is 4.79 Å². The van der Waals surface area contributed by atoms with Gasteiger partial charge in [-0.05, 0) is 23.8 Å². The molecule has 0 aliphatic carbocycles. The number of benzene rings is 2. The third-order valence-electron chi connectivity index (χ3n) is 3.56. The van der Waals surface area contributed by atoms with Crippen LogP contribution < -0.4 is 10.6 Å². The Balaban J connectivity index is 1.75. The first kappa shape index (κ1) is 18.4. The molecule has 0 spiro atoms. The zero-order chi connectivity index (χ0) is 18.5. The molecule has 3 N–H and O–H groups in total. The Bertz CT molecular complexity index is 944. The molecule has 0 fully saturated rings. The predicted molar refractivity (Wildman–Crippen MR) is 108 cm³/mol. The summed E-state index contributed by atoms with van der Waals surface area (Å²) in [5.41, 5.74) is 1.87. The van der Waals surface area contributed by atoms with Crippen LogP contribution in [0.2, 0.25) is 10.0 Å². The molecule has 0 aliphatic rings. The minimum Gasteiger partial charge on any atom is -0.380 e. The highest BCUT2D eigenvalue weighted by molar-refractivity contribution is 7.13. The summed E-state index contributed by atoms with van der Waals surface area (Å²) in [4.78, 5) is 16.3. The zero-order valence-corrected chi connectivity index (χ0v) is 15.8. The first-order chi connectivity index (χ1) is 12.5. The SMILES string of the molecule is N=C(C(=O)Nc1nccs1)c1ccccc1NCc1ccc(Cl)cc1Cl. The van der Waals surface area contributed by atoms with Gasteiger partial charge in [0.15, 0.2) is 5.13 Å². The lowest BCUT2D eigenvalue weighted by atomic mass is 10.1. The van der Waals surface area contributed by atoms with Crippen LogP contribution in [-0.4, -0.2) is 16.6 Å². The number of nitrogens with zero attached hydrogens (tertiary/aromatic N) is 1. The van der Waals surface area contributed by atoms with Gasteiger partial charge in [-0.1, -0.05) is 47.5 Å². The van der Waals surface area contributed by atoms with E-state index >= 15 is 0 Å². The first-order valence-electron chi connectivity index (χ1n) is 7.61. The summed E-state index contributed by atoms with van der Waals surface area (Å²) < 4.78 is 0. The van der Waals surface area contributed by atoms with Crippen molar-refractivity contribution in [3.63, 3.8) is 0 Å². The molecule has 2 aromatic carbocycles. The number of rotatable bonds is 6. The topological polar surface area (TPSA) is 77.9 Å². The molecule has 26 heavy (non-hydrogen) atoms. The molecular weight excluding hydrogens is 391 g/mol. The Morgan fingerprint density at radius 3 is 2.73 bits per heavy atom. The second kappa shape index (κ2) is 8.31. The average molecular weight is 405 g/mol. The van der Waals surface area contributed by atoms with Crippen LogP contribution >= 0.6 is 34.5 Å². The van der Waals surface area contributed by atoms with Gasteiger partial charge in [0, 0.05) is 39.4 Å². The maximum atomic E-state index is 12.3. The van der Waals surface area contributed by atoms with E-state index in [0.717, 1.165) is 5.56 Å². The Morgan fingerprint density at radius 2 is 2.00 bits per heavy atom. The number of hydrogen-bond donors (Lipinski definition) is 3. The van der Waals surface area contributed by atoms with E-state index in [0.29, 0.717) is 33.0 Å². The summed E-state index contributed by atoms with van der Waals surface area (Å²) in [7, 11) is 0. The molecular formula is C18H14Cl2N4OS. The average Bonchev–Trinajstić information content (AvgIpc) is 3.13. The summed E-state index contributed by atoms with van der Waals surface area (Å²) in [6.45, 7) is 0.439. The quantitative estimate of drug-likeness (QED) is 0.501. The van der Waals surface area contributed by atoms with Crippen LogP contribution in [0.1, 0.15) is 11.1 Å². The molecule has 0 radical (unpaired) electrons. The largest absolute Gasteiger partial charge is 0.380 e. The maximum Gasteiger partial charge on any atom is 0.276 e. The first-order valence-corrected chi connectivity index (χ1v) is 9.25. The van der Waals surface area contributed by atoms with E-state index < -0.39 is 5.91 Å². The van der Waals surface area contributed by atoms with E-state index in [1.807, 2.05) is 18.2 Å². The molecule has 0 bridgehead atoms. The molecule has 0 atom stereocenters. The van der Waals surface area contributed by atoms with Gasteiger partial charge in [0.25, 0.3) is 5.91 Å². The van der Waals surface area contributed by atoms with Crippen LogP contribution in [0.15, 0.2) is 54.0 Å². The van der Waals surface area contributed by atoms with Crippen molar-refractivity contribution in [2.75, 3.05) is 10.6 Å². The molecule has 0 unspecified atom stereocenters. The summed E-state index contributed by atoms with van der Waals surface area (Å²) in [6.07, 6.45) is 1.59. The van der Waals surface area contributed by atoms with Crippen molar-refractivity contribution in [3.05, 3.63) is 75.2 Å². The van der Waals surface area contributed by atoms with Crippen molar-refractivity contribution in [1.82, 2.24) is 4.98 Å². The maximum absolute atomic E-state index is 12.3. The minimum absolute atomic E-state index is 0.148. The third-order valence-corrected chi connectivity index (χ3v) is 4.84. The molecule has 5 nitrogen and oxygen atoms in total. The molecule has 1 heterocycles. The Labute approximate surface area is 164 Å². The Kier molecular flexibility index (Phi) is 5.88. The zero-order valence-electron chi connectivity index (χ0n) is 13.4. The number of amides is 1. The molecule has 3 aromatic rings. The fourth-order valence-electron chi connectivity index (χ4n) is 2.28. The fourth-order valence-corrected chi connectivity index (χ4v) is 3.28. The number of aromatic nitrogens is 1. The van der Waals surface area contributed by atoms with Crippen molar-refractivity contribution in [1.29, 1.82) is 5.41 Å². The lowest BCUT2D eigenvalue weighted by Crippen LogP contribution is -2.23. The van der Waals surface area contributed by atoms with Crippen molar-refractivity contribution in [2.45, 2.75) is 6.54 Å². The summed E-state index contributed by atoms with van der Waals surface area (Å²) in [6, 6.07) is 12.4. The molecule has 0 saturated heterocycles. The molecule has 0 saturated carbocycles. The highest BCUT2D eigenvalue weighted by Gasteiger charge is 2.16. The number of anilines is 2. The van der Waals surface area contributed by atoms with Gasteiger partial charge in [0.05, 0.1) is 0 Å². The summed E-state index contributed by atoms with van der Waals surface area (Å²) >= 11 is 13.4. The van der Waals surface area contributed by atoms with Gasteiger partial charge < -0.3 is 5.32 Å². The van der Waals surface area contributed by atoms with Gasteiger partial charge in [-0.2, -0.15) is 0 Å². The van der Waals surface area contributed by atoms with Crippen LogP contribution in [0, 0.1) is 5.41 Å². The second-order valence-electron chi connectivity index (χ2n) is 5.30. The highest BCUT2D eigenvalue weighted by atomic mass is 35.5. The van der Waals surface area contributed by atoms with Crippen molar-refractivity contribution >= 4 is 57.0 Å². The monoisotopic (exact) mass is 404 g/mol. The van der Waals surface area contributed by atoms with Gasteiger partial charge in [-0.3, -0.25) is 15.5 Å². The number of halogens is 2. The molecule has 1 amide bonds. The van der Waals surface area contributed by atoms with E-state index in [4.69, 9.17) is 28.6 Å². The van der Waals surface area contributed by atoms with E-state index in [1.54, 1.807) is 35.8 Å². The second-order valence-corrected chi connectivity index (χ2v) is 7.04. The van der Waals surface area contributed by atoms with Crippen LogP contribution in [-0.2, 0) is 11.3 Å². The molecule has 132 valence electrons. The number of nitrogens with one attached hydrogen (secondary N) is 3. The van der Waals surface area contributed by atoms with E-state index in [2.05, 4.69) is 15.6 Å². The minimum atomic E-state index is -0.515. The van der Waals surface area contributed by atoms with Crippen LogP contribution in [0.25, 0.3) is 0 Å². The number of hydrogen-bond acceptors (Lipinski definition) is 5. The van der Waals surface area contributed by atoms with Gasteiger partial charge in [-0.25, -0.2) is 4.98 Å². The Morgan fingerprint density at radius 1 is 1.19 bits per heavy atom. The van der Waals surface area contributed by atoms with Gasteiger partial charge in [0.2, 0.25) is 0 Å². The fraction of sp³-hybridized carbons (Fsp3) is 0.0556. The smallest absolute Gasteiger partial charge is 0.276 e. The standard InChI is InChI=1S/C18H14Cl2N4OS/c19-12-6-5-11(14(20)9-12)10-23-15-4-2-1-3-13(15)16(21)17(25)24-18-22-7-8-26-18/h1-9,21,23H,10H2,(H,22,24,25). The third kappa shape index (κ3) is 4.40. The number of thiazole rings is 1. The number of para-hydroxylation sites is 1. The van der Waals surface area contributed by atoms with Crippen molar-refractivity contribution < 1.29 is 4.79 Å². The number of carbonyl (C=O) groups excluding carboxylic acids is 1. The molecule has 8 heteroatoms. The Hall–Kier alpha value is -2.41. The van der Waals surface area contributed by atoms with Gasteiger partial charge >= 0.3 is 0 Å². The van der Waals surface area contributed by atoms with Gasteiger partial charge in [0.1, 0.15) is 5.71 Å². The van der Waals surface area contributed by atoms with Crippen molar-refractivity contribution in [3.8, 4) is 0 Å².